The Hall–Kier alpha value is 0.1000. The lowest BCUT2D eigenvalue weighted by atomic mass is 10.1. The molecular weight excluding hydrogens is 272 g/mol. The molecule has 0 bridgehead atoms. The quantitative estimate of drug-likeness (QED) is 0.841. The Morgan fingerprint density at radius 2 is 2.27 bits per heavy atom. The van der Waals surface area contributed by atoms with E-state index in [-0.39, 0.29) is 0 Å². The van der Waals surface area contributed by atoms with Crippen LogP contribution in [0.5, 0.6) is 0 Å². The minimum atomic E-state index is 0.559. The van der Waals surface area contributed by atoms with E-state index < -0.39 is 0 Å². The molecule has 1 aliphatic carbocycles. The van der Waals surface area contributed by atoms with Crippen molar-refractivity contribution in [1.29, 1.82) is 0 Å². The fraction of sp³-hybridized carbons (Fsp3) is 0.636. The molecule has 0 aromatic carbocycles. The van der Waals surface area contributed by atoms with Crippen LogP contribution in [0.25, 0.3) is 0 Å². The van der Waals surface area contributed by atoms with E-state index in [1.807, 2.05) is 18.4 Å². The van der Waals surface area contributed by atoms with Crippen LogP contribution in [0.4, 0.5) is 0 Å². The lowest BCUT2D eigenvalue weighted by Crippen LogP contribution is -2.30. The zero-order chi connectivity index (χ0) is 10.7. The Morgan fingerprint density at radius 3 is 2.80 bits per heavy atom. The van der Waals surface area contributed by atoms with Gasteiger partial charge in [0.1, 0.15) is 0 Å². The molecule has 15 heavy (non-hydrogen) atoms. The van der Waals surface area contributed by atoms with Gasteiger partial charge >= 0.3 is 0 Å². The van der Waals surface area contributed by atoms with Gasteiger partial charge in [-0.05, 0) is 47.3 Å². The lowest BCUT2D eigenvalue weighted by molar-refractivity contribution is 0.439. The van der Waals surface area contributed by atoms with Crippen molar-refractivity contribution in [2.24, 2.45) is 5.41 Å². The second kappa shape index (κ2) is 4.95. The van der Waals surface area contributed by atoms with E-state index in [1.54, 1.807) is 0 Å². The summed E-state index contributed by atoms with van der Waals surface area (Å²) in [6, 6.07) is 2.19. The molecule has 1 heterocycles. The van der Waals surface area contributed by atoms with Crippen LogP contribution in [0.1, 0.15) is 17.7 Å². The van der Waals surface area contributed by atoms with Gasteiger partial charge in [-0.15, -0.1) is 11.3 Å². The number of thiophene rings is 1. The summed E-state index contributed by atoms with van der Waals surface area (Å²) in [5.41, 5.74) is 0.559. The van der Waals surface area contributed by atoms with E-state index in [9.17, 15) is 0 Å². The van der Waals surface area contributed by atoms with E-state index in [0.29, 0.717) is 5.41 Å². The normalized spacial score (nSPS) is 18.0. The molecule has 4 heteroatoms. The van der Waals surface area contributed by atoms with Crippen molar-refractivity contribution in [2.45, 2.75) is 19.4 Å². The number of rotatable bonds is 6. The molecule has 1 fully saturated rings. The molecule has 1 aromatic heterocycles. The second-order valence-electron chi connectivity index (χ2n) is 4.37. The van der Waals surface area contributed by atoms with E-state index in [0.717, 1.165) is 19.6 Å². The molecule has 0 saturated heterocycles. The molecule has 0 amide bonds. The van der Waals surface area contributed by atoms with Crippen LogP contribution in [0.2, 0.25) is 0 Å². The number of hydrogen-bond donors (Lipinski definition) is 2. The summed E-state index contributed by atoms with van der Waals surface area (Å²) in [4.78, 5) is 1.40. The summed E-state index contributed by atoms with van der Waals surface area (Å²) in [6.07, 6.45) is 2.74. The molecule has 0 spiro atoms. The Labute approximate surface area is 104 Å². The van der Waals surface area contributed by atoms with Crippen molar-refractivity contribution >= 4 is 27.3 Å². The van der Waals surface area contributed by atoms with Crippen molar-refractivity contribution in [1.82, 2.24) is 10.6 Å². The first kappa shape index (κ1) is 11.6. The van der Waals surface area contributed by atoms with Crippen LogP contribution in [0, 0.1) is 5.41 Å². The Balaban J connectivity index is 1.71. The molecule has 0 unspecified atom stereocenters. The van der Waals surface area contributed by atoms with Crippen LogP contribution in [-0.2, 0) is 6.54 Å². The summed E-state index contributed by atoms with van der Waals surface area (Å²) < 4.78 is 1.20. The third-order valence-corrected chi connectivity index (χ3v) is 4.63. The molecule has 1 aromatic rings. The van der Waals surface area contributed by atoms with Gasteiger partial charge in [-0.25, -0.2) is 0 Å². The molecule has 84 valence electrons. The van der Waals surface area contributed by atoms with Gasteiger partial charge in [-0.1, -0.05) is 0 Å². The summed E-state index contributed by atoms with van der Waals surface area (Å²) in [5, 5.41) is 8.97. The molecule has 2 N–H and O–H groups in total. The van der Waals surface area contributed by atoms with Crippen molar-refractivity contribution in [2.75, 3.05) is 20.1 Å². The topological polar surface area (TPSA) is 24.1 Å². The van der Waals surface area contributed by atoms with Crippen LogP contribution in [-0.4, -0.2) is 20.1 Å². The van der Waals surface area contributed by atoms with Crippen molar-refractivity contribution in [3.8, 4) is 0 Å². The fourth-order valence-electron chi connectivity index (χ4n) is 1.87. The van der Waals surface area contributed by atoms with Crippen molar-refractivity contribution in [3.63, 3.8) is 0 Å². The van der Waals surface area contributed by atoms with Crippen LogP contribution in [0.3, 0.4) is 0 Å². The third-order valence-electron chi connectivity index (χ3n) is 2.93. The lowest BCUT2D eigenvalue weighted by Gasteiger charge is -2.14. The molecular formula is C11H17BrN2S. The first-order valence-electron chi connectivity index (χ1n) is 5.32. The molecule has 0 atom stereocenters. The SMILES string of the molecule is CNCC1(CNCc2cc(Br)cs2)CC1. The molecule has 1 saturated carbocycles. The van der Waals surface area contributed by atoms with Gasteiger partial charge in [0.15, 0.2) is 0 Å². The molecule has 2 nitrogen and oxygen atoms in total. The molecule has 1 aliphatic rings. The first-order valence-corrected chi connectivity index (χ1v) is 7.00. The Bertz CT molecular complexity index is 320. The molecule has 0 radical (unpaired) electrons. The van der Waals surface area contributed by atoms with Gasteiger partial charge in [-0.3, -0.25) is 0 Å². The largest absolute Gasteiger partial charge is 0.319 e. The van der Waals surface area contributed by atoms with E-state index in [1.165, 1.54) is 22.2 Å². The van der Waals surface area contributed by atoms with Gasteiger partial charge in [0.2, 0.25) is 0 Å². The second-order valence-corrected chi connectivity index (χ2v) is 6.28. The summed E-state index contributed by atoms with van der Waals surface area (Å²) in [5.74, 6) is 0. The Kier molecular flexibility index (Phi) is 3.83. The van der Waals surface area contributed by atoms with Crippen LogP contribution in [0.15, 0.2) is 15.9 Å². The maximum Gasteiger partial charge on any atom is 0.0300 e. The number of halogens is 1. The van der Waals surface area contributed by atoms with E-state index in [2.05, 4.69) is 38.0 Å². The van der Waals surface area contributed by atoms with Gasteiger partial charge in [0.05, 0.1) is 0 Å². The highest BCUT2D eigenvalue weighted by Crippen LogP contribution is 2.44. The average molecular weight is 289 g/mol. The summed E-state index contributed by atoms with van der Waals surface area (Å²) in [6.45, 7) is 3.29. The predicted octanol–water partition coefficient (Wildman–Crippen LogP) is 2.60. The average Bonchev–Trinajstić information content (AvgIpc) is 2.83. The van der Waals surface area contributed by atoms with E-state index in [4.69, 9.17) is 0 Å². The highest BCUT2D eigenvalue weighted by Gasteiger charge is 2.41. The standard InChI is InChI=1S/C11H17BrN2S/c1-13-7-11(2-3-11)8-14-5-10-4-9(12)6-15-10/h4,6,13-14H,2-3,5,7-8H2,1H3. The first-order chi connectivity index (χ1) is 7.24. The van der Waals surface area contributed by atoms with Crippen LogP contribution < -0.4 is 10.6 Å². The number of hydrogen-bond acceptors (Lipinski definition) is 3. The maximum atomic E-state index is 3.55. The van der Waals surface area contributed by atoms with Crippen molar-refractivity contribution in [3.05, 3.63) is 20.8 Å². The minimum Gasteiger partial charge on any atom is -0.319 e. The third kappa shape index (κ3) is 3.28. The molecule has 0 aliphatic heterocycles. The predicted molar refractivity (Wildman–Crippen MR) is 69.3 cm³/mol. The summed E-state index contributed by atoms with van der Waals surface area (Å²) >= 11 is 5.28. The van der Waals surface area contributed by atoms with E-state index >= 15 is 0 Å². The fourth-order valence-corrected chi connectivity index (χ4v) is 3.29. The smallest absolute Gasteiger partial charge is 0.0300 e. The summed E-state index contributed by atoms with van der Waals surface area (Å²) in [7, 11) is 2.04. The Morgan fingerprint density at radius 1 is 1.47 bits per heavy atom. The van der Waals surface area contributed by atoms with Gasteiger partial charge in [0.25, 0.3) is 0 Å². The van der Waals surface area contributed by atoms with Crippen molar-refractivity contribution < 1.29 is 0 Å². The zero-order valence-corrected chi connectivity index (χ0v) is 11.4. The maximum absolute atomic E-state index is 3.55. The van der Waals surface area contributed by atoms with Crippen LogP contribution >= 0.6 is 27.3 Å². The van der Waals surface area contributed by atoms with Gasteiger partial charge in [-0.2, -0.15) is 0 Å². The number of nitrogens with one attached hydrogen (secondary N) is 2. The minimum absolute atomic E-state index is 0.559. The van der Waals surface area contributed by atoms with Gasteiger partial charge < -0.3 is 10.6 Å². The van der Waals surface area contributed by atoms with Gasteiger partial charge in [0, 0.05) is 34.4 Å². The molecule has 2 rings (SSSR count). The monoisotopic (exact) mass is 288 g/mol. The zero-order valence-electron chi connectivity index (χ0n) is 8.98. The highest BCUT2D eigenvalue weighted by atomic mass is 79.9. The highest BCUT2D eigenvalue weighted by molar-refractivity contribution is 9.10.